The predicted molar refractivity (Wildman–Crippen MR) is 114 cm³/mol. The molecule has 0 aliphatic carbocycles. The van der Waals surface area contributed by atoms with Gasteiger partial charge in [0.05, 0.1) is 18.5 Å². The zero-order valence-electron chi connectivity index (χ0n) is 16.5. The van der Waals surface area contributed by atoms with E-state index in [1.807, 2.05) is 78.2 Å². The highest BCUT2D eigenvalue weighted by atomic mass is 16.6. The molecule has 0 saturated heterocycles. The maximum absolute atomic E-state index is 5.24. The molecule has 29 heavy (non-hydrogen) atoms. The molecular formula is C22H21N5O2. The molecule has 0 unspecified atom stereocenters. The van der Waals surface area contributed by atoms with Gasteiger partial charge in [0, 0.05) is 11.3 Å². The Labute approximate surface area is 168 Å². The van der Waals surface area contributed by atoms with E-state index in [1.54, 1.807) is 7.11 Å². The van der Waals surface area contributed by atoms with Crippen LogP contribution in [0.3, 0.4) is 0 Å². The first-order valence-corrected chi connectivity index (χ1v) is 9.13. The summed E-state index contributed by atoms with van der Waals surface area (Å²) in [5.41, 5.74) is 5.44. The van der Waals surface area contributed by atoms with Gasteiger partial charge < -0.3 is 14.9 Å². The molecule has 1 N–H and O–H groups in total. The molecule has 0 atom stereocenters. The standard InChI is InChI=1S/C22H21N5O2/c1-15(26-29-3)16-7-11-18(12-8-16)23-22-24-21-6-4-5-20(27(21)25-22)17-9-13-19(28-2)14-10-17/h4-14H,1-3H3,(H,23,25)/b26-15+. The van der Waals surface area contributed by atoms with Crippen molar-refractivity contribution in [2.75, 3.05) is 19.5 Å². The van der Waals surface area contributed by atoms with Gasteiger partial charge in [0.2, 0.25) is 5.95 Å². The summed E-state index contributed by atoms with van der Waals surface area (Å²) in [7, 11) is 3.19. The second-order valence-corrected chi connectivity index (χ2v) is 6.41. The highest BCUT2D eigenvalue weighted by Crippen LogP contribution is 2.24. The molecule has 0 saturated carbocycles. The van der Waals surface area contributed by atoms with Crippen molar-refractivity contribution in [2.45, 2.75) is 6.92 Å². The van der Waals surface area contributed by atoms with Crippen molar-refractivity contribution in [3.63, 3.8) is 0 Å². The quantitative estimate of drug-likeness (QED) is 0.389. The Balaban J connectivity index is 1.61. The van der Waals surface area contributed by atoms with E-state index in [0.29, 0.717) is 5.95 Å². The van der Waals surface area contributed by atoms with Gasteiger partial charge in [-0.3, -0.25) is 0 Å². The fourth-order valence-corrected chi connectivity index (χ4v) is 3.05. The van der Waals surface area contributed by atoms with E-state index in [4.69, 9.17) is 9.57 Å². The van der Waals surface area contributed by atoms with Crippen molar-refractivity contribution in [1.29, 1.82) is 0 Å². The second kappa shape index (κ2) is 8.02. The van der Waals surface area contributed by atoms with Gasteiger partial charge in [-0.25, -0.2) is 4.52 Å². The Morgan fingerprint density at radius 1 is 0.966 bits per heavy atom. The van der Waals surface area contributed by atoms with E-state index in [1.165, 1.54) is 7.11 Å². The van der Waals surface area contributed by atoms with Crippen LogP contribution >= 0.6 is 0 Å². The number of methoxy groups -OCH3 is 1. The normalized spacial score (nSPS) is 11.5. The number of nitrogens with one attached hydrogen (secondary N) is 1. The molecule has 0 aliphatic rings. The maximum atomic E-state index is 5.24. The summed E-state index contributed by atoms with van der Waals surface area (Å²) in [4.78, 5) is 9.41. The first-order valence-electron chi connectivity index (χ1n) is 9.13. The summed E-state index contributed by atoms with van der Waals surface area (Å²) >= 11 is 0. The number of oxime groups is 1. The lowest BCUT2D eigenvalue weighted by atomic mass is 10.1. The van der Waals surface area contributed by atoms with Crippen LogP contribution < -0.4 is 10.1 Å². The number of fused-ring (bicyclic) bond motifs is 1. The van der Waals surface area contributed by atoms with Gasteiger partial charge >= 0.3 is 0 Å². The molecule has 0 radical (unpaired) electrons. The number of aromatic nitrogens is 3. The number of benzene rings is 2. The van der Waals surface area contributed by atoms with Crippen LogP contribution in [0, 0.1) is 0 Å². The summed E-state index contributed by atoms with van der Waals surface area (Å²) in [5, 5.41) is 11.8. The minimum atomic E-state index is 0.529. The van der Waals surface area contributed by atoms with E-state index in [2.05, 4.69) is 20.6 Å². The monoisotopic (exact) mass is 387 g/mol. The number of hydrogen-bond donors (Lipinski definition) is 1. The van der Waals surface area contributed by atoms with Crippen LogP contribution in [-0.4, -0.2) is 34.5 Å². The molecule has 0 spiro atoms. The van der Waals surface area contributed by atoms with Crippen LogP contribution in [0.1, 0.15) is 12.5 Å². The Hall–Kier alpha value is -3.87. The number of hydrogen-bond acceptors (Lipinski definition) is 6. The van der Waals surface area contributed by atoms with Gasteiger partial charge in [-0.1, -0.05) is 23.4 Å². The van der Waals surface area contributed by atoms with E-state index in [-0.39, 0.29) is 0 Å². The lowest BCUT2D eigenvalue weighted by Crippen LogP contribution is -1.98. The van der Waals surface area contributed by atoms with Crippen molar-refractivity contribution in [1.82, 2.24) is 14.6 Å². The molecule has 2 aromatic heterocycles. The molecule has 0 amide bonds. The SMILES string of the molecule is CO/N=C(\C)c1ccc(Nc2nc3cccc(-c4ccc(OC)cc4)n3n2)cc1. The average molecular weight is 387 g/mol. The molecule has 2 heterocycles. The summed E-state index contributed by atoms with van der Waals surface area (Å²) in [6.45, 7) is 1.90. The number of nitrogens with zero attached hydrogens (tertiary/aromatic N) is 4. The maximum Gasteiger partial charge on any atom is 0.247 e. The number of anilines is 2. The zero-order chi connectivity index (χ0) is 20.2. The van der Waals surface area contributed by atoms with Gasteiger partial charge in [0.25, 0.3) is 0 Å². The third-order valence-electron chi connectivity index (χ3n) is 4.53. The fourth-order valence-electron chi connectivity index (χ4n) is 3.05. The lowest BCUT2D eigenvalue weighted by molar-refractivity contribution is 0.213. The van der Waals surface area contributed by atoms with Crippen LogP contribution in [0.25, 0.3) is 16.9 Å². The first-order chi connectivity index (χ1) is 14.2. The smallest absolute Gasteiger partial charge is 0.247 e. The minimum Gasteiger partial charge on any atom is -0.497 e. The van der Waals surface area contributed by atoms with Crippen molar-refractivity contribution < 1.29 is 9.57 Å². The number of pyridine rings is 1. The molecule has 0 bridgehead atoms. The van der Waals surface area contributed by atoms with Gasteiger partial charge in [-0.15, -0.1) is 5.10 Å². The molecule has 4 aromatic rings. The number of rotatable bonds is 6. The van der Waals surface area contributed by atoms with Gasteiger partial charge in [0.1, 0.15) is 12.9 Å². The lowest BCUT2D eigenvalue weighted by Gasteiger charge is -2.05. The van der Waals surface area contributed by atoms with E-state index >= 15 is 0 Å². The Morgan fingerprint density at radius 2 is 1.72 bits per heavy atom. The Morgan fingerprint density at radius 3 is 2.41 bits per heavy atom. The third kappa shape index (κ3) is 3.89. The average Bonchev–Trinajstić information content (AvgIpc) is 3.17. The van der Waals surface area contributed by atoms with Gasteiger partial charge in [0.15, 0.2) is 5.65 Å². The summed E-state index contributed by atoms with van der Waals surface area (Å²) in [6, 6.07) is 21.6. The highest BCUT2D eigenvalue weighted by molar-refractivity contribution is 5.98. The third-order valence-corrected chi connectivity index (χ3v) is 4.53. The Bertz CT molecular complexity index is 1150. The molecule has 146 valence electrons. The predicted octanol–water partition coefficient (Wildman–Crippen LogP) is 4.52. The fraction of sp³-hybridized carbons (Fsp3) is 0.136. The van der Waals surface area contributed by atoms with Gasteiger partial charge in [-0.2, -0.15) is 4.98 Å². The minimum absolute atomic E-state index is 0.529. The van der Waals surface area contributed by atoms with Crippen LogP contribution in [0.15, 0.2) is 71.9 Å². The molecule has 2 aromatic carbocycles. The molecular weight excluding hydrogens is 366 g/mol. The summed E-state index contributed by atoms with van der Waals surface area (Å²) in [6.07, 6.45) is 0. The second-order valence-electron chi connectivity index (χ2n) is 6.41. The van der Waals surface area contributed by atoms with Crippen LogP contribution in [0.2, 0.25) is 0 Å². The van der Waals surface area contributed by atoms with Crippen LogP contribution in [-0.2, 0) is 4.84 Å². The van der Waals surface area contributed by atoms with E-state index < -0.39 is 0 Å². The van der Waals surface area contributed by atoms with Crippen LogP contribution in [0.5, 0.6) is 5.75 Å². The van der Waals surface area contributed by atoms with E-state index in [0.717, 1.165) is 39.6 Å². The van der Waals surface area contributed by atoms with E-state index in [9.17, 15) is 0 Å². The summed E-state index contributed by atoms with van der Waals surface area (Å²) in [5.74, 6) is 1.34. The van der Waals surface area contributed by atoms with Gasteiger partial charge in [-0.05, 0) is 61.0 Å². The molecule has 0 aliphatic heterocycles. The molecule has 7 heteroatoms. The van der Waals surface area contributed by atoms with Crippen molar-refractivity contribution >= 4 is 23.0 Å². The first kappa shape index (κ1) is 18.5. The molecule has 4 rings (SSSR count). The van der Waals surface area contributed by atoms with Crippen molar-refractivity contribution in [3.05, 3.63) is 72.3 Å². The van der Waals surface area contributed by atoms with Crippen molar-refractivity contribution in [3.8, 4) is 17.0 Å². The molecule has 7 nitrogen and oxygen atoms in total. The largest absolute Gasteiger partial charge is 0.497 e. The highest BCUT2D eigenvalue weighted by Gasteiger charge is 2.09. The van der Waals surface area contributed by atoms with Crippen molar-refractivity contribution in [2.24, 2.45) is 5.16 Å². The number of ether oxygens (including phenoxy) is 1. The summed E-state index contributed by atoms with van der Waals surface area (Å²) < 4.78 is 7.07. The zero-order valence-corrected chi connectivity index (χ0v) is 16.5. The molecule has 0 fully saturated rings. The van der Waals surface area contributed by atoms with Crippen LogP contribution in [0.4, 0.5) is 11.6 Å². The topological polar surface area (TPSA) is 73.0 Å². The Kier molecular flexibility index (Phi) is 5.11.